The molecule has 0 aliphatic rings. The summed E-state index contributed by atoms with van der Waals surface area (Å²) in [5.74, 6) is 0.955. The predicted molar refractivity (Wildman–Crippen MR) is 77.5 cm³/mol. The number of aryl methyl sites for hydroxylation is 2. The first-order valence-corrected chi connectivity index (χ1v) is 6.36. The Morgan fingerprint density at radius 3 is 2.55 bits per heavy atom. The zero-order valence-electron chi connectivity index (χ0n) is 11.5. The number of benzene rings is 1. The van der Waals surface area contributed by atoms with E-state index >= 15 is 0 Å². The molecule has 3 aromatic rings. The minimum Gasteiger partial charge on any atom is -1.00 e. The van der Waals surface area contributed by atoms with E-state index in [-0.39, 0.29) is 24.0 Å². The van der Waals surface area contributed by atoms with E-state index in [2.05, 4.69) is 28.9 Å². The predicted octanol–water partition coefficient (Wildman–Crippen LogP) is 0.740. The van der Waals surface area contributed by atoms with Crippen LogP contribution in [0.3, 0.4) is 0 Å². The Morgan fingerprint density at radius 2 is 1.75 bits per heavy atom. The van der Waals surface area contributed by atoms with Gasteiger partial charge in [-0.1, -0.05) is 18.2 Å². The van der Waals surface area contributed by atoms with E-state index in [9.17, 15) is 0 Å². The van der Waals surface area contributed by atoms with Crippen molar-refractivity contribution in [3.63, 3.8) is 0 Å². The summed E-state index contributed by atoms with van der Waals surface area (Å²) < 4.78 is 7.85. The molecule has 0 saturated heterocycles. The molecule has 3 rings (SSSR count). The smallest absolute Gasteiger partial charge is 0.204 e. The Morgan fingerprint density at radius 1 is 1.00 bits per heavy atom. The number of nitrogens with zero attached hydrogens (tertiary/aromatic N) is 1. The minimum absolute atomic E-state index is 0. The Bertz CT molecular complexity index is 759. The molecule has 0 bridgehead atoms. The third-order valence-corrected chi connectivity index (χ3v) is 3.34. The average Bonchev–Trinajstić information content (AvgIpc) is 2.74. The van der Waals surface area contributed by atoms with Gasteiger partial charge >= 0.3 is 0 Å². The molecule has 0 spiro atoms. The summed E-state index contributed by atoms with van der Waals surface area (Å²) in [6.45, 7) is 2.00. The van der Waals surface area contributed by atoms with Crippen LogP contribution in [0, 0.1) is 6.92 Å². The number of fused-ring (bicyclic) bond motifs is 1. The molecule has 0 unspecified atom stereocenters. The lowest BCUT2D eigenvalue weighted by Gasteiger charge is -1.93. The van der Waals surface area contributed by atoms with Crippen LogP contribution in [0.4, 0.5) is 0 Å². The fraction of sp³-hybridized carbons (Fsp3) is 0.118. The number of aromatic nitrogens is 1. The summed E-state index contributed by atoms with van der Waals surface area (Å²) in [5.41, 5.74) is 3.25. The molecule has 0 atom stereocenters. The fourth-order valence-corrected chi connectivity index (χ4v) is 2.27. The van der Waals surface area contributed by atoms with Gasteiger partial charge in [0.2, 0.25) is 5.69 Å². The van der Waals surface area contributed by atoms with Crippen LogP contribution in [0.5, 0.6) is 0 Å². The molecule has 0 radical (unpaired) electrons. The first kappa shape index (κ1) is 14.8. The molecule has 0 aliphatic heterocycles. The van der Waals surface area contributed by atoms with Crippen molar-refractivity contribution < 1.29 is 33.0 Å². The first-order chi connectivity index (χ1) is 9.25. The van der Waals surface area contributed by atoms with Gasteiger partial charge in [-0.3, -0.25) is 0 Å². The number of pyridine rings is 1. The molecular weight excluding hydrogens is 361 g/mol. The highest BCUT2D eigenvalue weighted by molar-refractivity contribution is 5.90. The number of rotatable bonds is 2. The minimum atomic E-state index is 0. The van der Waals surface area contributed by atoms with Crippen molar-refractivity contribution in [1.82, 2.24) is 0 Å². The molecule has 2 heterocycles. The summed E-state index contributed by atoms with van der Waals surface area (Å²) in [4.78, 5) is 0. The summed E-state index contributed by atoms with van der Waals surface area (Å²) in [6.07, 6.45) is 6.28. The Labute approximate surface area is 135 Å². The second kappa shape index (κ2) is 6.22. The van der Waals surface area contributed by atoms with E-state index in [1.165, 1.54) is 0 Å². The maximum atomic E-state index is 5.76. The van der Waals surface area contributed by atoms with E-state index in [0.29, 0.717) is 0 Å². The van der Waals surface area contributed by atoms with E-state index in [1.54, 1.807) is 0 Å². The van der Waals surface area contributed by atoms with Gasteiger partial charge < -0.3 is 28.4 Å². The highest BCUT2D eigenvalue weighted by Gasteiger charge is 2.08. The Kier molecular flexibility index (Phi) is 4.60. The summed E-state index contributed by atoms with van der Waals surface area (Å²) in [7, 11) is 2.04. The SMILES string of the molecule is Cc1oc2ccccc2c1/C=C/c1cccc[n+]1C.[I-]. The van der Waals surface area contributed by atoms with Crippen LogP contribution in [-0.2, 0) is 7.05 Å². The van der Waals surface area contributed by atoms with Crippen LogP contribution >= 0.6 is 0 Å². The van der Waals surface area contributed by atoms with Crippen molar-refractivity contribution in [3.05, 3.63) is 65.7 Å². The Hall–Kier alpha value is -1.62. The van der Waals surface area contributed by atoms with Crippen molar-refractivity contribution in [2.75, 3.05) is 0 Å². The molecule has 0 N–H and O–H groups in total. The molecule has 0 saturated carbocycles. The van der Waals surface area contributed by atoms with Gasteiger partial charge in [-0.05, 0) is 25.1 Å². The second-order valence-electron chi connectivity index (χ2n) is 4.64. The second-order valence-corrected chi connectivity index (χ2v) is 4.64. The van der Waals surface area contributed by atoms with Crippen molar-refractivity contribution >= 4 is 23.1 Å². The van der Waals surface area contributed by atoms with Crippen LogP contribution < -0.4 is 28.5 Å². The molecule has 0 aliphatic carbocycles. The van der Waals surface area contributed by atoms with Crippen LogP contribution in [0.15, 0.2) is 53.1 Å². The van der Waals surface area contributed by atoms with Crippen molar-refractivity contribution in [3.8, 4) is 0 Å². The number of furan rings is 1. The fourth-order valence-electron chi connectivity index (χ4n) is 2.27. The molecule has 2 aromatic heterocycles. The van der Waals surface area contributed by atoms with Gasteiger partial charge in [-0.2, -0.15) is 0 Å². The van der Waals surface area contributed by atoms with Gasteiger partial charge in [0.15, 0.2) is 6.20 Å². The van der Waals surface area contributed by atoms with Gasteiger partial charge in [0.05, 0.1) is 0 Å². The number of para-hydroxylation sites is 1. The monoisotopic (exact) mass is 377 g/mol. The van der Waals surface area contributed by atoms with E-state index < -0.39 is 0 Å². The van der Waals surface area contributed by atoms with Crippen LogP contribution in [0.2, 0.25) is 0 Å². The quantitative estimate of drug-likeness (QED) is 0.476. The van der Waals surface area contributed by atoms with Crippen LogP contribution in [-0.4, -0.2) is 0 Å². The van der Waals surface area contributed by atoms with Crippen molar-refractivity contribution in [2.24, 2.45) is 7.05 Å². The summed E-state index contributed by atoms with van der Waals surface area (Å²) in [5, 5.41) is 1.16. The number of hydrogen-bond donors (Lipinski definition) is 0. The zero-order chi connectivity index (χ0) is 13.2. The van der Waals surface area contributed by atoms with Gasteiger partial charge in [-0.15, -0.1) is 0 Å². The van der Waals surface area contributed by atoms with Crippen molar-refractivity contribution in [1.29, 1.82) is 0 Å². The molecule has 20 heavy (non-hydrogen) atoms. The molecule has 102 valence electrons. The average molecular weight is 377 g/mol. The van der Waals surface area contributed by atoms with E-state index in [4.69, 9.17) is 4.42 Å². The van der Waals surface area contributed by atoms with Crippen LogP contribution in [0.25, 0.3) is 23.1 Å². The van der Waals surface area contributed by atoms with Crippen molar-refractivity contribution in [2.45, 2.75) is 6.92 Å². The summed E-state index contributed by atoms with van der Waals surface area (Å²) >= 11 is 0. The normalized spacial score (nSPS) is 10.9. The number of hydrogen-bond acceptors (Lipinski definition) is 1. The largest absolute Gasteiger partial charge is 1.00 e. The van der Waals surface area contributed by atoms with Gasteiger partial charge in [-0.25, -0.2) is 4.57 Å². The molecule has 3 heteroatoms. The summed E-state index contributed by atoms with van der Waals surface area (Å²) in [6, 6.07) is 14.3. The van der Waals surface area contributed by atoms with Gasteiger partial charge in [0.25, 0.3) is 0 Å². The highest BCUT2D eigenvalue weighted by atomic mass is 127. The molecule has 0 amide bonds. The highest BCUT2D eigenvalue weighted by Crippen LogP contribution is 2.26. The number of halogens is 1. The third-order valence-electron chi connectivity index (χ3n) is 3.34. The molecule has 2 nitrogen and oxygen atoms in total. The van der Waals surface area contributed by atoms with E-state index in [1.807, 2.05) is 50.5 Å². The lowest BCUT2D eigenvalue weighted by Crippen LogP contribution is -3.00. The lowest BCUT2D eigenvalue weighted by molar-refractivity contribution is -0.673. The first-order valence-electron chi connectivity index (χ1n) is 6.36. The Balaban J connectivity index is 0.00000147. The molecule has 0 fully saturated rings. The van der Waals surface area contributed by atoms with E-state index in [0.717, 1.165) is 28.0 Å². The van der Waals surface area contributed by atoms with Gasteiger partial charge in [0.1, 0.15) is 18.4 Å². The van der Waals surface area contributed by atoms with Crippen LogP contribution in [0.1, 0.15) is 17.0 Å². The zero-order valence-corrected chi connectivity index (χ0v) is 13.7. The maximum Gasteiger partial charge on any atom is 0.204 e. The molecule has 1 aromatic carbocycles. The standard InChI is InChI=1S/C17H16NO.HI/c1-13-15(16-8-3-4-9-17(16)19-13)11-10-14-7-5-6-12-18(14)2;/h3-12H,1-2H3;1H/q+1;/p-1/b11-10+;. The molecular formula is C17H16INO. The maximum absolute atomic E-state index is 5.76. The van der Waals surface area contributed by atoms with Gasteiger partial charge in [0, 0.05) is 29.2 Å². The third kappa shape index (κ3) is 2.77. The topological polar surface area (TPSA) is 17.0 Å². The lowest BCUT2D eigenvalue weighted by atomic mass is 10.1.